The quantitative estimate of drug-likeness (QED) is 0.382. The molecule has 0 radical (unpaired) electrons. The number of fused-ring (bicyclic) bond motifs is 1. The molecule has 0 saturated carbocycles. The van der Waals surface area contributed by atoms with Gasteiger partial charge in [0.05, 0.1) is 35.9 Å². The maximum Gasteiger partial charge on any atom is 0.308 e. The zero-order chi connectivity index (χ0) is 22.4. The highest BCUT2D eigenvalue weighted by Crippen LogP contribution is 2.31. The molecule has 0 spiro atoms. The van der Waals surface area contributed by atoms with E-state index in [0.717, 1.165) is 0 Å². The van der Waals surface area contributed by atoms with Gasteiger partial charge >= 0.3 is 5.97 Å². The number of carbonyl (C=O) groups is 3. The van der Waals surface area contributed by atoms with Crippen molar-refractivity contribution in [2.75, 3.05) is 37.1 Å². The van der Waals surface area contributed by atoms with E-state index in [1.54, 1.807) is 24.3 Å². The summed E-state index contributed by atoms with van der Waals surface area (Å²) in [4.78, 5) is 47.9. The van der Waals surface area contributed by atoms with Crippen LogP contribution in [0, 0.1) is 10.1 Å². The number of hydrogen-bond acceptors (Lipinski definition) is 8. The van der Waals surface area contributed by atoms with Gasteiger partial charge in [-0.15, -0.1) is 0 Å². The number of hydrogen-bond donors (Lipinski definition) is 1. The molecule has 0 saturated heterocycles. The molecule has 31 heavy (non-hydrogen) atoms. The second-order valence-electron chi connectivity index (χ2n) is 6.40. The number of nitrogens with zero attached hydrogens (tertiary/aromatic N) is 2. The second kappa shape index (κ2) is 9.57. The minimum Gasteiger partial charge on any atom is -0.494 e. The highest BCUT2D eigenvalue weighted by molar-refractivity contribution is 5.98. The molecule has 0 fully saturated rings. The average molecular weight is 429 g/mol. The Labute approximate surface area is 176 Å². The van der Waals surface area contributed by atoms with Crippen LogP contribution in [0.15, 0.2) is 42.5 Å². The normalized spacial score (nSPS) is 12.4. The highest BCUT2D eigenvalue weighted by Gasteiger charge is 2.25. The summed E-state index contributed by atoms with van der Waals surface area (Å²) in [6, 6.07) is 10.7. The maximum absolute atomic E-state index is 12.1. The number of rotatable bonds is 8. The lowest BCUT2D eigenvalue weighted by Gasteiger charge is -2.28. The van der Waals surface area contributed by atoms with Crippen molar-refractivity contribution in [2.45, 2.75) is 6.42 Å². The number of anilines is 2. The summed E-state index contributed by atoms with van der Waals surface area (Å²) < 4.78 is 15.3. The predicted octanol–water partition coefficient (Wildman–Crippen LogP) is 1.90. The molecule has 0 bridgehead atoms. The molecular weight excluding hydrogens is 410 g/mol. The predicted molar refractivity (Wildman–Crippen MR) is 108 cm³/mol. The van der Waals surface area contributed by atoms with E-state index in [9.17, 15) is 24.5 Å². The summed E-state index contributed by atoms with van der Waals surface area (Å²) >= 11 is 0. The summed E-state index contributed by atoms with van der Waals surface area (Å²) in [5.41, 5.74) is 0.569. The summed E-state index contributed by atoms with van der Waals surface area (Å²) in [6.07, 6.45) is -0.117. The number of non-ortho nitro benzene ring substituents is 1. The van der Waals surface area contributed by atoms with E-state index in [1.807, 2.05) is 0 Å². The minimum atomic E-state index is -0.664. The summed E-state index contributed by atoms with van der Waals surface area (Å²) in [5, 5.41) is 13.3. The van der Waals surface area contributed by atoms with E-state index in [-0.39, 0.29) is 42.6 Å². The number of nitrogens with one attached hydrogen (secondary N) is 1. The van der Waals surface area contributed by atoms with Crippen LogP contribution in [0.2, 0.25) is 0 Å². The van der Waals surface area contributed by atoms with Crippen molar-refractivity contribution in [3.05, 3.63) is 52.6 Å². The van der Waals surface area contributed by atoms with E-state index in [2.05, 4.69) is 5.32 Å². The molecule has 2 aromatic rings. The highest BCUT2D eigenvalue weighted by atomic mass is 16.6. The van der Waals surface area contributed by atoms with E-state index >= 15 is 0 Å². The van der Waals surface area contributed by atoms with Crippen LogP contribution < -0.4 is 19.7 Å². The fourth-order valence-corrected chi connectivity index (χ4v) is 2.90. The van der Waals surface area contributed by atoms with Gasteiger partial charge in [-0.25, -0.2) is 0 Å². The van der Waals surface area contributed by atoms with Gasteiger partial charge in [0.25, 0.3) is 17.5 Å². The Kier molecular flexibility index (Phi) is 6.65. The van der Waals surface area contributed by atoms with Crippen LogP contribution in [-0.4, -0.2) is 49.6 Å². The van der Waals surface area contributed by atoms with Crippen LogP contribution in [0.4, 0.5) is 17.1 Å². The van der Waals surface area contributed by atoms with Gasteiger partial charge in [-0.05, 0) is 18.2 Å². The number of esters is 1. The van der Waals surface area contributed by atoms with Gasteiger partial charge in [0.15, 0.2) is 13.2 Å². The van der Waals surface area contributed by atoms with E-state index in [0.29, 0.717) is 11.4 Å². The number of para-hydroxylation sites is 2. The van der Waals surface area contributed by atoms with Crippen molar-refractivity contribution in [1.82, 2.24) is 0 Å². The number of amides is 2. The van der Waals surface area contributed by atoms with Crippen molar-refractivity contribution in [3.8, 4) is 11.5 Å². The second-order valence-corrected chi connectivity index (χ2v) is 6.40. The third-order valence-corrected chi connectivity index (χ3v) is 4.38. The zero-order valence-electron chi connectivity index (χ0n) is 16.5. The summed E-state index contributed by atoms with van der Waals surface area (Å²) in [5.74, 6) is -0.948. The van der Waals surface area contributed by atoms with Crippen molar-refractivity contribution in [2.24, 2.45) is 0 Å². The first-order chi connectivity index (χ1) is 14.9. The van der Waals surface area contributed by atoms with E-state index in [1.165, 1.54) is 30.2 Å². The van der Waals surface area contributed by atoms with Gasteiger partial charge in [0, 0.05) is 12.6 Å². The van der Waals surface area contributed by atoms with Crippen molar-refractivity contribution >= 4 is 34.8 Å². The van der Waals surface area contributed by atoms with Gasteiger partial charge in [-0.1, -0.05) is 12.1 Å². The molecule has 1 aliphatic heterocycles. The molecule has 2 amide bonds. The number of nitro benzene ring substituents is 1. The Balaban J connectivity index is 1.51. The van der Waals surface area contributed by atoms with Gasteiger partial charge in [0.2, 0.25) is 0 Å². The van der Waals surface area contributed by atoms with Crippen LogP contribution in [0.5, 0.6) is 11.5 Å². The smallest absolute Gasteiger partial charge is 0.308 e. The lowest BCUT2D eigenvalue weighted by Crippen LogP contribution is -2.40. The van der Waals surface area contributed by atoms with Crippen molar-refractivity contribution in [3.63, 3.8) is 0 Å². The van der Waals surface area contributed by atoms with Crippen LogP contribution in [0.3, 0.4) is 0 Å². The molecular formula is C20H19N3O8. The van der Waals surface area contributed by atoms with Crippen LogP contribution in [0.1, 0.15) is 6.42 Å². The largest absolute Gasteiger partial charge is 0.494 e. The molecule has 1 N–H and O–H groups in total. The SMILES string of the molecule is COc1cc([N+](=O)[O-])ccc1NC(=O)COC(=O)CCN1C(=O)COc2ccccc21. The Morgan fingerprint density at radius 1 is 1.26 bits per heavy atom. The topological polar surface area (TPSA) is 137 Å². The molecule has 11 nitrogen and oxygen atoms in total. The van der Waals surface area contributed by atoms with Gasteiger partial charge < -0.3 is 24.4 Å². The molecule has 2 aromatic carbocycles. The molecule has 3 rings (SSSR count). The lowest BCUT2D eigenvalue weighted by atomic mass is 10.2. The number of ether oxygens (including phenoxy) is 3. The fraction of sp³-hybridized carbons (Fsp3) is 0.250. The molecule has 0 aliphatic carbocycles. The molecule has 0 atom stereocenters. The van der Waals surface area contributed by atoms with Crippen LogP contribution >= 0.6 is 0 Å². The van der Waals surface area contributed by atoms with Gasteiger partial charge in [-0.3, -0.25) is 24.5 Å². The Morgan fingerprint density at radius 2 is 2.03 bits per heavy atom. The molecule has 0 aromatic heterocycles. The lowest BCUT2D eigenvalue weighted by molar-refractivity contribution is -0.384. The Bertz CT molecular complexity index is 1020. The Morgan fingerprint density at radius 3 is 2.77 bits per heavy atom. The van der Waals surface area contributed by atoms with Gasteiger partial charge in [-0.2, -0.15) is 0 Å². The maximum atomic E-state index is 12.1. The molecule has 11 heteroatoms. The minimum absolute atomic E-state index is 0.0792. The van der Waals surface area contributed by atoms with Crippen LogP contribution in [0.25, 0.3) is 0 Å². The van der Waals surface area contributed by atoms with E-state index < -0.39 is 23.4 Å². The summed E-state index contributed by atoms with van der Waals surface area (Å²) in [6.45, 7) is -0.603. The number of methoxy groups -OCH3 is 1. The third-order valence-electron chi connectivity index (χ3n) is 4.38. The summed E-state index contributed by atoms with van der Waals surface area (Å²) in [7, 11) is 1.31. The number of nitro groups is 1. The van der Waals surface area contributed by atoms with E-state index in [4.69, 9.17) is 14.2 Å². The van der Waals surface area contributed by atoms with Crippen molar-refractivity contribution < 1.29 is 33.5 Å². The first-order valence-electron chi connectivity index (χ1n) is 9.19. The monoisotopic (exact) mass is 429 g/mol. The van der Waals surface area contributed by atoms with Gasteiger partial charge in [0.1, 0.15) is 11.5 Å². The van der Waals surface area contributed by atoms with Crippen molar-refractivity contribution in [1.29, 1.82) is 0 Å². The number of benzene rings is 2. The first-order valence-corrected chi connectivity index (χ1v) is 9.19. The molecule has 1 heterocycles. The Hall–Kier alpha value is -4.15. The third kappa shape index (κ3) is 5.26. The standard InChI is InChI=1S/C20H19N3O8/c1-29-17-10-13(23(27)28)6-7-14(17)21-18(24)11-31-20(26)8-9-22-15-4-2-3-5-16(15)30-12-19(22)25/h2-7,10H,8-9,11-12H2,1H3,(H,21,24). The van der Waals surface area contributed by atoms with Crippen LogP contribution in [-0.2, 0) is 19.1 Å². The molecule has 0 unspecified atom stereocenters. The first kappa shape index (κ1) is 21.6. The zero-order valence-corrected chi connectivity index (χ0v) is 16.5. The molecule has 162 valence electrons. The average Bonchev–Trinajstić information content (AvgIpc) is 2.77. The fourth-order valence-electron chi connectivity index (χ4n) is 2.90. The number of carbonyl (C=O) groups excluding carboxylic acids is 3. The molecule has 1 aliphatic rings.